The molecule has 1 fully saturated rings. The number of carbonyl (C=O) groups is 3. The third-order valence-corrected chi connectivity index (χ3v) is 4.51. The van der Waals surface area contributed by atoms with E-state index in [4.69, 9.17) is 5.11 Å². The summed E-state index contributed by atoms with van der Waals surface area (Å²) >= 11 is 4.44. The number of carboxylic acid groups (broad SMARTS) is 1. The first-order chi connectivity index (χ1) is 8.32. The minimum absolute atomic E-state index is 0.0233. The highest BCUT2D eigenvalue weighted by Crippen LogP contribution is 2.26. The molecular formula is C11H16BrNO4S. The second-order valence-corrected chi connectivity index (χ2v) is 6.87. The average Bonchev–Trinajstić information content (AvgIpc) is 2.67. The summed E-state index contributed by atoms with van der Waals surface area (Å²) in [4.78, 5) is 35.5. The molecule has 0 aromatic heterocycles. The first kappa shape index (κ1) is 15.5. The number of halogens is 1. The van der Waals surface area contributed by atoms with Gasteiger partial charge in [-0.15, -0.1) is 0 Å². The van der Waals surface area contributed by atoms with E-state index < -0.39 is 12.0 Å². The van der Waals surface area contributed by atoms with E-state index in [0.717, 1.165) is 11.8 Å². The van der Waals surface area contributed by atoms with Gasteiger partial charge < -0.3 is 10.0 Å². The molecule has 0 saturated carbocycles. The number of aliphatic carboxylic acids is 1. The predicted molar refractivity (Wildman–Crippen MR) is 72.8 cm³/mol. The zero-order chi connectivity index (χ0) is 13.9. The van der Waals surface area contributed by atoms with Crippen LogP contribution in [0.5, 0.6) is 0 Å². The zero-order valence-electron chi connectivity index (χ0n) is 10.3. The summed E-state index contributed by atoms with van der Waals surface area (Å²) in [6.45, 7) is 3.58. The molecule has 1 saturated heterocycles. The quantitative estimate of drug-likeness (QED) is 0.784. The number of hydrogen-bond acceptors (Lipinski definition) is 4. The fourth-order valence-corrected chi connectivity index (χ4v) is 3.15. The van der Waals surface area contributed by atoms with E-state index in [-0.39, 0.29) is 21.8 Å². The lowest BCUT2D eigenvalue weighted by Gasteiger charge is -2.24. The van der Waals surface area contributed by atoms with E-state index in [1.54, 1.807) is 6.92 Å². The minimum atomic E-state index is -0.975. The van der Waals surface area contributed by atoms with Crippen molar-refractivity contribution >= 4 is 44.7 Å². The van der Waals surface area contributed by atoms with Crippen LogP contribution in [0.3, 0.4) is 0 Å². The molecular weight excluding hydrogens is 322 g/mol. The standard InChI is InChI=1S/C11H16BrNO4S/c1-6(5-18-7(2)14)10(15)13-4-8(12)3-9(13)11(16)17/h6,8-9H,3-5H2,1-2H3,(H,16,17)/t6?,8-,9+/m1/s1. The molecule has 0 aliphatic carbocycles. The van der Waals surface area contributed by atoms with Gasteiger partial charge in [0, 0.05) is 30.0 Å². The van der Waals surface area contributed by atoms with Crippen molar-refractivity contribution in [2.75, 3.05) is 12.3 Å². The summed E-state index contributed by atoms with van der Waals surface area (Å²) in [5, 5.41) is 9.04. The smallest absolute Gasteiger partial charge is 0.326 e. The fraction of sp³-hybridized carbons (Fsp3) is 0.727. The van der Waals surface area contributed by atoms with Gasteiger partial charge in [0.05, 0.1) is 0 Å². The molecule has 1 N–H and O–H groups in total. The first-order valence-electron chi connectivity index (χ1n) is 5.63. The Hall–Kier alpha value is -0.560. The number of amides is 1. The topological polar surface area (TPSA) is 74.7 Å². The van der Waals surface area contributed by atoms with Crippen LogP contribution in [0.4, 0.5) is 0 Å². The van der Waals surface area contributed by atoms with Gasteiger partial charge in [0.1, 0.15) is 6.04 Å². The molecule has 0 bridgehead atoms. The predicted octanol–water partition coefficient (Wildman–Crippen LogP) is 1.35. The van der Waals surface area contributed by atoms with Crippen LogP contribution in [0, 0.1) is 5.92 Å². The highest BCUT2D eigenvalue weighted by molar-refractivity contribution is 9.09. The van der Waals surface area contributed by atoms with Gasteiger partial charge in [-0.05, 0) is 6.42 Å². The average molecular weight is 338 g/mol. The van der Waals surface area contributed by atoms with Crippen LogP contribution in [-0.2, 0) is 14.4 Å². The number of nitrogens with zero attached hydrogens (tertiary/aromatic N) is 1. The Kier molecular flexibility index (Phi) is 5.65. The normalized spacial score (nSPS) is 24.9. The third-order valence-electron chi connectivity index (χ3n) is 2.78. The van der Waals surface area contributed by atoms with Gasteiger partial charge in [-0.25, -0.2) is 4.79 Å². The number of likely N-dealkylation sites (tertiary alicyclic amines) is 1. The van der Waals surface area contributed by atoms with Crippen LogP contribution in [0.25, 0.3) is 0 Å². The van der Waals surface area contributed by atoms with Crippen molar-refractivity contribution < 1.29 is 19.5 Å². The summed E-state index contributed by atoms with van der Waals surface area (Å²) in [5.41, 5.74) is 0. The number of rotatable bonds is 4. The summed E-state index contributed by atoms with van der Waals surface area (Å²) in [6, 6.07) is -0.758. The summed E-state index contributed by atoms with van der Waals surface area (Å²) < 4.78 is 0. The van der Waals surface area contributed by atoms with Crippen LogP contribution in [0.15, 0.2) is 0 Å². The minimum Gasteiger partial charge on any atom is -0.480 e. The summed E-state index contributed by atoms with van der Waals surface area (Å²) in [5.74, 6) is -1.13. The molecule has 1 amide bonds. The maximum atomic E-state index is 12.1. The molecule has 1 unspecified atom stereocenters. The molecule has 5 nitrogen and oxygen atoms in total. The van der Waals surface area contributed by atoms with Crippen molar-refractivity contribution in [1.82, 2.24) is 4.90 Å². The third kappa shape index (κ3) is 3.98. The Labute approximate surface area is 118 Å². The van der Waals surface area contributed by atoms with Crippen molar-refractivity contribution in [2.45, 2.75) is 31.1 Å². The second kappa shape index (κ2) is 6.56. The van der Waals surface area contributed by atoms with Crippen molar-refractivity contribution in [3.05, 3.63) is 0 Å². The molecule has 7 heteroatoms. The molecule has 0 radical (unpaired) electrons. The number of hydrogen-bond donors (Lipinski definition) is 1. The lowest BCUT2D eigenvalue weighted by atomic mass is 10.1. The van der Waals surface area contributed by atoms with Crippen LogP contribution in [0.1, 0.15) is 20.3 Å². The molecule has 1 heterocycles. The van der Waals surface area contributed by atoms with E-state index in [2.05, 4.69) is 15.9 Å². The van der Waals surface area contributed by atoms with Gasteiger partial charge in [0.2, 0.25) is 5.91 Å². The maximum Gasteiger partial charge on any atom is 0.326 e. The number of thioether (sulfide) groups is 1. The second-order valence-electron chi connectivity index (χ2n) is 4.38. The Morgan fingerprint density at radius 1 is 1.50 bits per heavy atom. The Bertz CT molecular complexity index is 363. The molecule has 0 spiro atoms. The van der Waals surface area contributed by atoms with Crippen LogP contribution >= 0.6 is 27.7 Å². The SMILES string of the molecule is CC(=O)SCC(C)C(=O)N1C[C@H](Br)C[C@H]1C(=O)O. The molecule has 0 aromatic rings. The van der Waals surface area contributed by atoms with E-state index in [9.17, 15) is 14.4 Å². The van der Waals surface area contributed by atoms with Gasteiger partial charge in [0.25, 0.3) is 0 Å². The molecule has 0 aromatic carbocycles. The molecule has 1 aliphatic rings. The monoisotopic (exact) mass is 337 g/mol. The maximum absolute atomic E-state index is 12.1. The fourth-order valence-electron chi connectivity index (χ4n) is 1.86. The lowest BCUT2D eigenvalue weighted by molar-refractivity contribution is -0.149. The highest BCUT2D eigenvalue weighted by atomic mass is 79.9. The van der Waals surface area contributed by atoms with E-state index in [1.807, 2.05) is 0 Å². The highest BCUT2D eigenvalue weighted by Gasteiger charge is 2.39. The Morgan fingerprint density at radius 2 is 2.11 bits per heavy atom. The number of carbonyl (C=O) groups excluding carboxylic acids is 2. The van der Waals surface area contributed by atoms with Gasteiger partial charge in [0.15, 0.2) is 5.12 Å². The molecule has 3 atom stereocenters. The van der Waals surface area contributed by atoms with Crippen LogP contribution in [-0.4, -0.2) is 50.2 Å². The first-order valence-corrected chi connectivity index (χ1v) is 7.53. The van der Waals surface area contributed by atoms with Crippen molar-refractivity contribution in [1.29, 1.82) is 0 Å². The van der Waals surface area contributed by atoms with Crippen molar-refractivity contribution in [3.63, 3.8) is 0 Å². The summed E-state index contributed by atoms with van der Waals surface area (Å²) in [7, 11) is 0. The molecule has 1 aliphatic heterocycles. The van der Waals surface area contributed by atoms with E-state index in [0.29, 0.717) is 18.7 Å². The largest absolute Gasteiger partial charge is 0.480 e. The Balaban J connectivity index is 2.64. The Morgan fingerprint density at radius 3 is 2.61 bits per heavy atom. The van der Waals surface area contributed by atoms with Gasteiger partial charge in [-0.1, -0.05) is 34.6 Å². The number of alkyl halides is 1. The van der Waals surface area contributed by atoms with E-state index >= 15 is 0 Å². The zero-order valence-corrected chi connectivity index (χ0v) is 12.7. The van der Waals surface area contributed by atoms with Gasteiger partial charge >= 0.3 is 5.97 Å². The van der Waals surface area contributed by atoms with Gasteiger partial charge in [-0.2, -0.15) is 0 Å². The van der Waals surface area contributed by atoms with Crippen LogP contribution in [0.2, 0.25) is 0 Å². The molecule has 102 valence electrons. The van der Waals surface area contributed by atoms with Crippen molar-refractivity contribution in [3.8, 4) is 0 Å². The van der Waals surface area contributed by atoms with E-state index in [1.165, 1.54) is 11.8 Å². The van der Waals surface area contributed by atoms with Gasteiger partial charge in [-0.3, -0.25) is 9.59 Å². The number of carboxylic acids is 1. The molecule has 1 rings (SSSR count). The van der Waals surface area contributed by atoms with Crippen molar-refractivity contribution in [2.24, 2.45) is 5.92 Å². The lowest BCUT2D eigenvalue weighted by Crippen LogP contribution is -2.43. The molecule has 18 heavy (non-hydrogen) atoms. The summed E-state index contributed by atoms with van der Waals surface area (Å²) in [6.07, 6.45) is 0.424. The van der Waals surface area contributed by atoms with Crippen LogP contribution < -0.4 is 0 Å².